The Bertz CT molecular complexity index is 596. The van der Waals surface area contributed by atoms with E-state index in [2.05, 4.69) is 35.0 Å². The Labute approximate surface area is 173 Å². The van der Waals surface area contributed by atoms with Crippen LogP contribution in [0.5, 0.6) is 0 Å². The van der Waals surface area contributed by atoms with E-state index in [1.165, 1.54) is 103 Å². The van der Waals surface area contributed by atoms with Gasteiger partial charge < -0.3 is 9.80 Å². The van der Waals surface area contributed by atoms with E-state index in [9.17, 15) is 0 Å². The lowest BCUT2D eigenvalue weighted by Gasteiger charge is -2.28. The molecule has 2 unspecified atom stereocenters. The molecule has 2 saturated carbocycles. The van der Waals surface area contributed by atoms with Gasteiger partial charge in [-0.1, -0.05) is 38.0 Å². The van der Waals surface area contributed by atoms with Crippen molar-refractivity contribution >= 4 is 0 Å². The summed E-state index contributed by atoms with van der Waals surface area (Å²) in [4.78, 5) is 5.53. The van der Waals surface area contributed by atoms with Crippen molar-refractivity contribution in [3.8, 4) is 0 Å². The monoisotopic (exact) mass is 382 g/mol. The van der Waals surface area contributed by atoms with Crippen molar-refractivity contribution in [3.05, 3.63) is 23.8 Å². The van der Waals surface area contributed by atoms with Crippen LogP contribution in [0.1, 0.15) is 71.1 Å². The van der Waals surface area contributed by atoms with Crippen molar-refractivity contribution < 1.29 is 0 Å². The summed E-state index contributed by atoms with van der Waals surface area (Å²) in [6, 6.07) is 0. The minimum absolute atomic E-state index is 0.588. The summed E-state index contributed by atoms with van der Waals surface area (Å²) in [6.07, 6.45) is 22.1. The van der Waals surface area contributed by atoms with Crippen LogP contribution in [-0.4, -0.2) is 49.1 Å². The van der Waals surface area contributed by atoms with Crippen LogP contribution in [0.2, 0.25) is 0 Å². The zero-order chi connectivity index (χ0) is 19.0. The molecule has 5 rings (SSSR count). The van der Waals surface area contributed by atoms with Crippen LogP contribution in [0, 0.1) is 29.1 Å². The predicted molar refractivity (Wildman–Crippen MR) is 118 cm³/mol. The van der Waals surface area contributed by atoms with Crippen molar-refractivity contribution in [3.63, 3.8) is 0 Å². The molecule has 0 aromatic rings. The van der Waals surface area contributed by atoms with Gasteiger partial charge in [0.2, 0.25) is 0 Å². The summed E-state index contributed by atoms with van der Waals surface area (Å²) >= 11 is 0. The molecule has 0 amide bonds. The number of allylic oxidation sites excluding steroid dienone is 4. The fourth-order valence-electron chi connectivity index (χ4n) is 7.38. The van der Waals surface area contributed by atoms with E-state index in [0.29, 0.717) is 5.41 Å². The molecule has 0 bridgehead atoms. The Morgan fingerprint density at radius 1 is 1.04 bits per heavy atom. The minimum Gasteiger partial charge on any atom is -0.303 e. The Hall–Kier alpha value is -0.600. The lowest BCUT2D eigenvalue weighted by atomic mass is 9.76. The zero-order valence-corrected chi connectivity index (χ0v) is 18.2. The van der Waals surface area contributed by atoms with Crippen molar-refractivity contribution in [2.24, 2.45) is 29.1 Å². The molecule has 2 nitrogen and oxygen atoms in total. The van der Waals surface area contributed by atoms with Gasteiger partial charge in [0, 0.05) is 19.6 Å². The summed E-state index contributed by atoms with van der Waals surface area (Å²) in [5.74, 6) is 3.55. The molecule has 0 aromatic heterocycles. The van der Waals surface area contributed by atoms with Gasteiger partial charge in [0.1, 0.15) is 0 Å². The molecule has 3 aliphatic carbocycles. The first-order valence-electron chi connectivity index (χ1n) is 12.5. The van der Waals surface area contributed by atoms with E-state index < -0.39 is 0 Å². The maximum Gasteiger partial charge on any atom is 0.00389 e. The van der Waals surface area contributed by atoms with Gasteiger partial charge in [-0.2, -0.15) is 0 Å². The van der Waals surface area contributed by atoms with Crippen LogP contribution >= 0.6 is 0 Å². The van der Waals surface area contributed by atoms with Gasteiger partial charge in [0.25, 0.3) is 0 Å². The van der Waals surface area contributed by atoms with E-state index in [1.807, 2.05) is 0 Å². The van der Waals surface area contributed by atoms with Crippen LogP contribution < -0.4 is 0 Å². The number of likely N-dealkylation sites (tertiary alicyclic amines) is 2. The van der Waals surface area contributed by atoms with Crippen molar-refractivity contribution in [1.82, 2.24) is 9.80 Å². The molecule has 5 aliphatic rings. The van der Waals surface area contributed by atoms with Gasteiger partial charge in [-0.05, 0) is 106 Å². The van der Waals surface area contributed by atoms with Crippen molar-refractivity contribution in [2.45, 2.75) is 71.1 Å². The Balaban J connectivity index is 1.15. The van der Waals surface area contributed by atoms with Gasteiger partial charge in [-0.3, -0.25) is 0 Å². The lowest BCUT2D eigenvalue weighted by Crippen LogP contribution is -2.29. The SMILES string of the molecule is C[C@]12CCC(C3=CCC(CCN4CCCC4)C=C3)[C@H]1CN(CC1CCCC1)C2. The molecule has 4 fully saturated rings. The highest BCUT2D eigenvalue weighted by Gasteiger charge is 2.51. The molecule has 2 heterocycles. The topological polar surface area (TPSA) is 6.48 Å². The molecular formula is C26H42N2. The molecule has 2 heteroatoms. The van der Waals surface area contributed by atoms with Crippen LogP contribution in [0.4, 0.5) is 0 Å². The predicted octanol–water partition coefficient (Wildman–Crippen LogP) is 5.51. The second kappa shape index (κ2) is 8.26. The molecule has 156 valence electrons. The van der Waals surface area contributed by atoms with E-state index in [-0.39, 0.29) is 0 Å². The molecule has 2 saturated heterocycles. The largest absolute Gasteiger partial charge is 0.303 e. The highest BCUT2D eigenvalue weighted by molar-refractivity contribution is 5.29. The number of nitrogens with zero attached hydrogens (tertiary/aromatic N) is 2. The standard InChI is InChI=1S/C26H42N2/c1-26-14-12-24(25(26)19-28(20-26)18-22-6-2-3-7-22)23-10-8-21(9-11-23)13-17-27-15-4-5-16-27/h8,10-11,21-22,24-25H,2-7,9,12-20H2,1H3/t21?,24?,25-,26-/m1/s1. The second-order valence-electron chi connectivity index (χ2n) is 11.1. The summed E-state index contributed by atoms with van der Waals surface area (Å²) in [5.41, 5.74) is 2.29. The first-order chi connectivity index (χ1) is 13.7. The summed E-state index contributed by atoms with van der Waals surface area (Å²) < 4.78 is 0. The maximum atomic E-state index is 2.86. The first kappa shape index (κ1) is 19.4. The van der Waals surface area contributed by atoms with Crippen molar-refractivity contribution in [2.75, 3.05) is 39.3 Å². The maximum absolute atomic E-state index is 2.86. The molecule has 4 atom stereocenters. The normalized spacial score (nSPS) is 39.8. The van der Waals surface area contributed by atoms with Crippen molar-refractivity contribution in [1.29, 1.82) is 0 Å². The molecule has 0 aromatic carbocycles. The number of hydrogen-bond donors (Lipinski definition) is 0. The summed E-state index contributed by atoms with van der Waals surface area (Å²) in [5, 5.41) is 0. The van der Waals surface area contributed by atoms with Crippen LogP contribution in [0.15, 0.2) is 23.8 Å². The molecule has 0 N–H and O–H groups in total. The molecule has 0 spiro atoms. The van der Waals surface area contributed by atoms with Gasteiger partial charge in [-0.25, -0.2) is 0 Å². The van der Waals surface area contributed by atoms with Gasteiger partial charge >= 0.3 is 0 Å². The third-order valence-electron chi connectivity index (χ3n) is 9.10. The van der Waals surface area contributed by atoms with E-state index in [1.54, 1.807) is 5.57 Å². The number of hydrogen-bond acceptors (Lipinski definition) is 2. The Kier molecular flexibility index (Phi) is 5.72. The Morgan fingerprint density at radius 3 is 2.61 bits per heavy atom. The fourth-order valence-corrected chi connectivity index (χ4v) is 7.38. The third-order valence-corrected chi connectivity index (χ3v) is 9.10. The quantitative estimate of drug-likeness (QED) is 0.597. The fraction of sp³-hybridized carbons (Fsp3) is 0.846. The van der Waals surface area contributed by atoms with E-state index in [4.69, 9.17) is 0 Å². The average molecular weight is 383 g/mol. The highest BCUT2D eigenvalue weighted by Crippen LogP contribution is 2.54. The van der Waals surface area contributed by atoms with E-state index in [0.717, 1.165) is 23.7 Å². The minimum atomic E-state index is 0.588. The van der Waals surface area contributed by atoms with Gasteiger partial charge in [-0.15, -0.1) is 0 Å². The first-order valence-corrected chi connectivity index (χ1v) is 12.5. The third kappa shape index (κ3) is 4.01. The summed E-state index contributed by atoms with van der Waals surface area (Å²) in [6.45, 7) is 10.8. The van der Waals surface area contributed by atoms with E-state index >= 15 is 0 Å². The average Bonchev–Trinajstić information content (AvgIpc) is 3.46. The number of rotatable bonds is 6. The summed E-state index contributed by atoms with van der Waals surface area (Å²) in [7, 11) is 0. The van der Waals surface area contributed by atoms with Crippen LogP contribution in [0.25, 0.3) is 0 Å². The smallest absolute Gasteiger partial charge is 0.00389 e. The molecule has 0 radical (unpaired) electrons. The lowest BCUT2D eigenvalue weighted by molar-refractivity contribution is 0.237. The zero-order valence-electron chi connectivity index (χ0n) is 18.2. The van der Waals surface area contributed by atoms with Crippen LogP contribution in [0.3, 0.4) is 0 Å². The van der Waals surface area contributed by atoms with Gasteiger partial charge in [0.05, 0.1) is 0 Å². The molecular weight excluding hydrogens is 340 g/mol. The highest BCUT2D eigenvalue weighted by atomic mass is 15.2. The second-order valence-corrected chi connectivity index (χ2v) is 11.1. The molecule has 2 aliphatic heterocycles. The van der Waals surface area contributed by atoms with Crippen LogP contribution in [-0.2, 0) is 0 Å². The molecule has 28 heavy (non-hydrogen) atoms. The number of fused-ring (bicyclic) bond motifs is 1. The Morgan fingerprint density at radius 2 is 1.86 bits per heavy atom. The van der Waals surface area contributed by atoms with Gasteiger partial charge in [0.15, 0.2) is 0 Å².